The van der Waals surface area contributed by atoms with Crippen LogP contribution in [-0.2, 0) is 17.9 Å². The van der Waals surface area contributed by atoms with E-state index >= 15 is 0 Å². The summed E-state index contributed by atoms with van der Waals surface area (Å²) in [5.41, 5.74) is 2.77. The fourth-order valence-electron chi connectivity index (χ4n) is 3.88. The highest BCUT2D eigenvalue weighted by Gasteiger charge is 2.19. The summed E-state index contributed by atoms with van der Waals surface area (Å²) >= 11 is 6.45. The first-order valence-corrected chi connectivity index (χ1v) is 11.5. The molecule has 3 aromatic rings. The van der Waals surface area contributed by atoms with Crippen molar-refractivity contribution in [1.82, 2.24) is 0 Å². The number of halogens is 2. The molecule has 0 atom stereocenters. The first-order chi connectivity index (χ1) is 17.0. The van der Waals surface area contributed by atoms with Crippen LogP contribution in [0.3, 0.4) is 0 Å². The minimum atomic E-state index is -0.990. The fourth-order valence-corrected chi connectivity index (χ4v) is 4.17. The molecule has 0 radical (unpaired) electrons. The van der Waals surface area contributed by atoms with Gasteiger partial charge in [-0.05, 0) is 42.0 Å². The maximum atomic E-state index is 13.9. The van der Waals surface area contributed by atoms with Gasteiger partial charge in [-0.25, -0.2) is 9.18 Å². The van der Waals surface area contributed by atoms with E-state index < -0.39 is 5.97 Å². The average molecular weight is 501 g/mol. The van der Waals surface area contributed by atoms with Crippen LogP contribution in [0.1, 0.15) is 21.5 Å². The van der Waals surface area contributed by atoms with E-state index in [0.29, 0.717) is 66.3 Å². The van der Waals surface area contributed by atoms with Crippen LogP contribution in [0.5, 0.6) is 11.5 Å². The van der Waals surface area contributed by atoms with Crippen LogP contribution in [0.4, 0.5) is 15.8 Å². The molecule has 3 aromatic carbocycles. The van der Waals surface area contributed by atoms with Crippen molar-refractivity contribution < 1.29 is 28.5 Å². The zero-order chi connectivity index (χ0) is 24.8. The van der Waals surface area contributed by atoms with Crippen molar-refractivity contribution in [3.05, 3.63) is 82.1 Å². The number of hydrogen-bond donors (Lipinski definition) is 2. The molecule has 1 heterocycles. The van der Waals surface area contributed by atoms with E-state index in [-0.39, 0.29) is 18.0 Å². The second-order valence-electron chi connectivity index (χ2n) is 7.98. The molecule has 0 aliphatic carbocycles. The number of morpholine rings is 1. The molecule has 1 aliphatic rings. The second-order valence-corrected chi connectivity index (χ2v) is 8.39. The van der Waals surface area contributed by atoms with Gasteiger partial charge in [-0.2, -0.15) is 0 Å². The van der Waals surface area contributed by atoms with Gasteiger partial charge in [0.25, 0.3) is 0 Å². The quantitative estimate of drug-likeness (QED) is 0.417. The molecule has 2 N–H and O–H groups in total. The molecular formula is C26H26ClFN2O5. The Bertz CT molecular complexity index is 1200. The molecule has 0 saturated carbocycles. The lowest BCUT2D eigenvalue weighted by Gasteiger charge is -2.30. The first kappa shape index (κ1) is 24.6. The standard InChI is InChI=1S/C26H26ClFN2O5/c1-33-24-13-17(12-21(27)25(24)35-16-18-4-2-3-5-22(18)28)15-29-19-6-7-23(20(14-19)26(31)32)30-8-10-34-11-9-30/h2-7,12-14,29H,8-11,15-16H2,1H3,(H,31,32). The van der Waals surface area contributed by atoms with Crippen LogP contribution in [0.2, 0.25) is 5.02 Å². The van der Waals surface area contributed by atoms with Gasteiger partial charge in [-0.3, -0.25) is 0 Å². The third-order valence-electron chi connectivity index (χ3n) is 5.69. The van der Waals surface area contributed by atoms with E-state index in [1.807, 2.05) is 17.0 Å². The summed E-state index contributed by atoms with van der Waals surface area (Å²) in [6.07, 6.45) is 0. The predicted octanol–water partition coefficient (Wildman–Crippen LogP) is 5.21. The normalized spacial score (nSPS) is 13.4. The number of rotatable bonds is 9. The van der Waals surface area contributed by atoms with Crippen LogP contribution in [0.25, 0.3) is 0 Å². The Labute approximate surface area is 208 Å². The molecule has 35 heavy (non-hydrogen) atoms. The summed E-state index contributed by atoms with van der Waals surface area (Å²) in [7, 11) is 1.50. The smallest absolute Gasteiger partial charge is 0.337 e. The van der Waals surface area contributed by atoms with Crippen LogP contribution in [-0.4, -0.2) is 44.5 Å². The Morgan fingerprint density at radius 1 is 1.17 bits per heavy atom. The molecule has 1 fully saturated rings. The van der Waals surface area contributed by atoms with Gasteiger partial charge in [-0.15, -0.1) is 0 Å². The maximum Gasteiger partial charge on any atom is 0.337 e. The number of aromatic carboxylic acids is 1. The lowest BCUT2D eigenvalue weighted by Crippen LogP contribution is -2.37. The number of anilines is 2. The summed E-state index contributed by atoms with van der Waals surface area (Å²) in [6.45, 7) is 2.82. The Kier molecular flexibility index (Phi) is 7.94. The number of methoxy groups -OCH3 is 1. The van der Waals surface area contributed by atoms with Crippen molar-refractivity contribution in [2.45, 2.75) is 13.2 Å². The molecule has 1 saturated heterocycles. The molecule has 0 spiro atoms. The third kappa shape index (κ3) is 5.96. The van der Waals surface area contributed by atoms with E-state index in [0.717, 1.165) is 5.56 Å². The Hall–Kier alpha value is -3.49. The summed E-state index contributed by atoms with van der Waals surface area (Å²) in [5.74, 6) is -0.608. The molecule has 0 bridgehead atoms. The molecule has 7 nitrogen and oxygen atoms in total. The Balaban J connectivity index is 1.47. The molecule has 0 aromatic heterocycles. The molecular weight excluding hydrogens is 475 g/mol. The Morgan fingerprint density at radius 2 is 1.94 bits per heavy atom. The van der Waals surface area contributed by atoms with E-state index in [1.54, 1.807) is 36.4 Å². The lowest BCUT2D eigenvalue weighted by atomic mass is 10.1. The van der Waals surface area contributed by atoms with Gasteiger partial charge in [0.15, 0.2) is 11.5 Å². The Morgan fingerprint density at radius 3 is 2.66 bits per heavy atom. The number of nitrogens with zero attached hydrogens (tertiary/aromatic N) is 1. The summed E-state index contributed by atoms with van der Waals surface area (Å²) < 4.78 is 30.5. The molecule has 184 valence electrons. The van der Waals surface area contributed by atoms with E-state index in [1.165, 1.54) is 13.2 Å². The predicted molar refractivity (Wildman–Crippen MR) is 132 cm³/mol. The van der Waals surface area contributed by atoms with Crippen molar-refractivity contribution in [1.29, 1.82) is 0 Å². The molecule has 0 unspecified atom stereocenters. The minimum Gasteiger partial charge on any atom is -0.493 e. The largest absolute Gasteiger partial charge is 0.493 e. The van der Waals surface area contributed by atoms with Crippen molar-refractivity contribution in [2.75, 3.05) is 43.6 Å². The van der Waals surface area contributed by atoms with Crippen molar-refractivity contribution >= 4 is 28.9 Å². The van der Waals surface area contributed by atoms with Crippen molar-refractivity contribution in [3.8, 4) is 11.5 Å². The van der Waals surface area contributed by atoms with Gasteiger partial charge in [0.2, 0.25) is 0 Å². The lowest BCUT2D eigenvalue weighted by molar-refractivity contribution is 0.0696. The topological polar surface area (TPSA) is 80.3 Å². The van der Waals surface area contributed by atoms with Gasteiger partial charge in [-0.1, -0.05) is 29.8 Å². The summed E-state index contributed by atoms with van der Waals surface area (Å²) in [5, 5.41) is 13.3. The van der Waals surface area contributed by atoms with E-state index in [2.05, 4.69) is 5.32 Å². The second kappa shape index (κ2) is 11.3. The van der Waals surface area contributed by atoms with Crippen molar-refractivity contribution in [2.24, 2.45) is 0 Å². The minimum absolute atomic E-state index is 0.00774. The zero-order valence-electron chi connectivity index (χ0n) is 19.2. The van der Waals surface area contributed by atoms with Crippen molar-refractivity contribution in [3.63, 3.8) is 0 Å². The third-order valence-corrected chi connectivity index (χ3v) is 5.98. The first-order valence-electron chi connectivity index (χ1n) is 11.1. The fraction of sp³-hybridized carbons (Fsp3) is 0.269. The SMILES string of the molecule is COc1cc(CNc2ccc(N3CCOCC3)c(C(=O)O)c2)cc(Cl)c1OCc1ccccc1F. The molecule has 1 aliphatic heterocycles. The number of ether oxygens (including phenoxy) is 3. The number of carbonyl (C=O) groups is 1. The van der Waals surface area contributed by atoms with Gasteiger partial charge in [0, 0.05) is 30.9 Å². The van der Waals surface area contributed by atoms with Crippen LogP contribution >= 0.6 is 11.6 Å². The number of benzene rings is 3. The monoisotopic (exact) mass is 500 g/mol. The highest BCUT2D eigenvalue weighted by molar-refractivity contribution is 6.32. The van der Waals surface area contributed by atoms with Crippen LogP contribution in [0.15, 0.2) is 54.6 Å². The van der Waals surface area contributed by atoms with Gasteiger partial charge >= 0.3 is 5.97 Å². The highest BCUT2D eigenvalue weighted by atomic mass is 35.5. The van der Waals surface area contributed by atoms with E-state index in [4.69, 9.17) is 25.8 Å². The van der Waals surface area contributed by atoms with Gasteiger partial charge in [0.1, 0.15) is 12.4 Å². The van der Waals surface area contributed by atoms with Crippen LogP contribution in [0, 0.1) is 5.82 Å². The number of nitrogens with one attached hydrogen (secondary N) is 1. The van der Waals surface area contributed by atoms with Gasteiger partial charge < -0.3 is 29.5 Å². The van der Waals surface area contributed by atoms with E-state index in [9.17, 15) is 14.3 Å². The summed E-state index contributed by atoms with van der Waals surface area (Å²) in [4.78, 5) is 13.9. The number of carboxylic acid groups (broad SMARTS) is 1. The molecule has 0 amide bonds. The molecule has 4 rings (SSSR count). The number of carboxylic acids is 1. The molecule has 9 heteroatoms. The van der Waals surface area contributed by atoms with Gasteiger partial charge in [0.05, 0.1) is 36.6 Å². The highest BCUT2D eigenvalue weighted by Crippen LogP contribution is 2.37. The number of hydrogen-bond acceptors (Lipinski definition) is 6. The van der Waals surface area contributed by atoms with Crippen LogP contribution < -0.4 is 19.7 Å². The zero-order valence-corrected chi connectivity index (χ0v) is 20.0. The maximum absolute atomic E-state index is 13.9. The summed E-state index contributed by atoms with van der Waals surface area (Å²) in [6, 6.07) is 15.1. The average Bonchev–Trinajstić information content (AvgIpc) is 2.87.